The van der Waals surface area contributed by atoms with E-state index < -0.39 is 16.8 Å². The van der Waals surface area contributed by atoms with Gasteiger partial charge in [-0.2, -0.15) is 0 Å². The van der Waals surface area contributed by atoms with Crippen LogP contribution in [0.25, 0.3) is 0 Å². The smallest absolute Gasteiger partial charge is 0.275 e. The molecule has 1 aromatic carbocycles. The monoisotopic (exact) mass is 447 g/mol. The van der Waals surface area contributed by atoms with Crippen molar-refractivity contribution in [2.45, 2.75) is 32.2 Å². The van der Waals surface area contributed by atoms with Crippen molar-refractivity contribution in [3.8, 4) is 5.75 Å². The Kier molecular flexibility index (Phi) is 4.73. The molecule has 0 spiro atoms. The van der Waals surface area contributed by atoms with Gasteiger partial charge in [-0.1, -0.05) is 6.07 Å². The van der Waals surface area contributed by atoms with Crippen molar-refractivity contribution in [3.63, 3.8) is 0 Å². The average molecular weight is 447 g/mol. The van der Waals surface area contributed by atoms with Crippen LogP contribution in [0.5, 0.6) is 5.75 Å². The molecule has 1 atom stereocenters. The molecule has 9 heteroatoms. The van der Waals surface area contributed by atoms with Crippen molar-refractivity contribution in [1.82, 2.24) is 14.9 Å². The van der Waals surface area contributed by atoms with Crippen LogP contribution in [0.15, 0.2) is 40.2 Å². The molecule has 1 amide bonds. The van der Waals surface area contributed by atoms with Crippen LogP contribution in [-0.2, 0) is 0 Å². The summed E-state index contributed by atoms with van der Waals surface area (Å²) in [7, 11) is 3.10. The van der Waals surface area contributed by atoms with Crippen LogP contribution < -0.4 is 21.5 Å². The molecule has 170 valence electrons. The van der Waals surface area contributed by atoms with E-state index in [1.807, 2.05) is 19.1 Å². The number of hydrogen-bond acceptors (Lipinski definition) is 8. The van der Waals surface area contributed by atoms with Crippen LogP contribution in [0.1, 0.15) is 47.1 Å². The summed E-state index contributed by atoms with van der Waals surface area (Å²) in [5.41, 5.74) is 0.864. The maximum atomic E-state index is 12.5. The topological polar surface area (TPSA) is 125 Å². The molecular formula is C24H25N5O4. The number of rotatable bonds is 7. The standard InChI is InChI=1S/C24H25N5O4/c1-12-5-4-7-25-15(12)22(24-9-13(10-24)11-24)28-17-16(20(31)21(17)32)27-14-6-8-26-18(19(14)30)23(33)29(2)3/h4-8,13,22,28,30H,9-11H2,1-3H3,(H,26,27)/t13?,22-,24?/m0/s1. The van der Waals surface area contributed by atoms with Gasteiger partial charge in [-0.25, -0.2) is 4.98 Å². The molecule has 2 bridgehead atoms. The molecule has 0 aliphatic heterocycles. The zero-order chi connectivity index (χ0) is 23.5. The van der Waals surface area contributed by atoms with Crippen molar-refractivity contribution < 1.29 is 9.90 Å². The first-order valence-corrected chi connectivity index (χ1v) is 10.9. The minimum absolute atomic E-state index is 0.0327. The van der Waals surface area contributed by atoms with Crippen LogP contribution in [0, 0.1) is 18.3 Å². The number of carbonyl (C=O) groups excluding carboxylic acids is 1. The van der Waals surface area contributed by atoms with Crippen LogP contribution in [-0.4, -0.2) is 40.0 Å². The highest BCUT2D eigenvalue weighted by Crippen LogP contribution is 2.70. The van der Waals surface area contributed by atoms with Crippen molar-refractivity contribution in [1.29, 1.82) is 0 Å². The van der Waals surface area contributed by atoms with E-state index in [9.17, 15) is 19.5 Å². The lowest BCUT2D eigenvalue weighted by molar-refractivity contribution is -0.122. The minimum Gasteiger partial charge on any atom is -0.504 e. The van der Waals surface area contributed by atoms with Crippen molar-refractivity contribution in [3.05, 3.63) is 68.0 Å². The fourth-order valence-electron chi connectivity index (χ4n) is 5.06. The summed E-state index contributed by atoms with van der Waals surface area (Å²) in [6, 6.07) is 5.12. The van der Waals surface area contributed by atoms with Gasteiger partial charge in [0.15, 0.2) is 11.4 Å². The molecule has 3 aliphatic rings. The van der Waals surface area contributed by atoms with Crippen molar-refractivity contribution >= 4 is 23.0 Å². The molecular weight excluding hydrogens is 422 g/mol. The molecule has 6 rings (SSSR count). The van der Waals surface area contributed by atoms with Crippen LogP contribution >= 0.6 is 0 Å². The molecule has 3 aliphatic carbocycles. The summed E-state index contributed by atoms with van der Waals surface area (Å²) in [5.74, 6) is -0.134. The van der Waals surface area contributed by atoms with E-state index in [4.69, 9.17) is 0 Å². The SMILES string of the molecule is Cc1cccnc1[C@H](Nc1c(Nc2ccnc(C(=O)N(C)C)c2O)c(=O)c1=O)C12CC(C1)C2. The first-order valence-electron chi connectivity index (χ1n) is 10.9. The molecule has 0 unspecified atom stereocenters. The van der Waals surface area contributed by atoms with Crippen LogP contribution in [0.2, 0.25) is 0 Å². The second-order valence-corrected chi connectivity index (χ2v) is 9.41. The Balaban J connectivity index is 1.48. The average Bonchev–Trinajstić information content (AvgIpc) is 2.73. The summed E-state index contributed by atoms with van der Waals surface area (Å²) in [5, 5.41) is 16.7. The summed E-state index contributed by atoms with van der Waals surface area (Å²) >= 11 is 0. The number of aromatic nitrogens is 2. The third-order valence-electron chi connectivity index (χ3n) is 7.01. The zero-order valence-corrected chi connectivity index (χ0v) is 18.7. The van der Waals surface area contributed by atoms with Crippen LogP contribution in [0.3, 0.4) is 0 Å². The first kappa shape index (κ1) is 21.1. The summed E-state index contributed by atoms with van der Waals surface area (Å²) in [6.45, 7) is 1.99. The molecule has 3 fully saturated rings. The van der Waals surface area contributed by atoms with Gasteiger partial charge in [0.1, 0.15) is 11.4 Å². The van der Waals surface area contributed by atoms with Gasteiger partial charge in [-0.3, -0.25) is 19.4 Å². The van der Waals surface area contributed by atoms with Gasteiger partial charge < -0.3 is 20.6 Å². The molecule has 0 saturated heterocycles. The number of nitrogens with zero attached hydrogens (tertiary/aromatic N) is 3. The molecule has 3 N–H and O–H groups in total. The van der Waals surface area contributed by atoms with E-state index in [0.717, 1.165) is 36.4 Å². The molecule has 9 nitrogen and oxygen atoms in total. The summed E-state index contributed by atoms with van der Waals surface area (Å²) in [6.07, 6.45) is 6.31. The van der Waals surface area contributed by atoms with Gasteiger partial charge in [-0.05, 0) is 55.2 Å². The Morgan fingerprint density at radius 2 is 1.82 bits per heavy atom. The van der Waals surface area contributed by atoms with Crippen molar-refractivity contribution in [2.24, 2.45) is 11.3 Å². The fraction of sp³-hybridized carbons (Fsp3) is 0.375. The Labute approximate surface area is 190 Å². The maximum Gasteiger partial charge on any atom is 0.275 e. The largest absolute Gasteiger partial charge is 0.504 e. The van der Waals surface area contributed by atoms with Crippen LogP contribution in [0.4, 0.5) is 17.1 Å². The van der Waals surface area contributed by atoms with E-state index in [0.29, 0.717) is 0 Å². The normalized spacial score (nSPS) is 21.6. The Bertz CT molecular complexity index is 1320. The number of pyridine rings is 2. The predicted molar refractivity (Wildman–Crippen MR) is 124 cm³/mol. The molecule has 33 heavy (non-hydrogen) atoms. The number of amides is 1. The lowest BCUT2D eigenvalue weighted by Gasteiger charge is -2.65. The zero-order valence-electron chi connectivity index (χ0n) is 18.7. The molecule has 3 aromatic rings. The van der Waals surface area contributed by atoms with E-state index in [-0.39, 0.29) is 40.0 Å². The number of aromatic hydroxyl groups is 1. The van der Waals surface area contributed by atoms with E-state index in [2.05, 4.69) is 20.6 Å². The van der Waals surface area contributed by atoms with Crippen molar-refractivity contribution in [2.75, 3.05) is 24.7 Å². The lowest BCUT2D eigenvalue weighted by Crippen LogP contribution is -2.58. The summed E-state index contributed by atoms with van der Waals surface area (Å²) < 4.78 is 0. The highest BCUT2D eigenvalue weighted by molar-refractivity contribution is 5.97. The quantitative estimate of drug-likeness (QED) is 0.472. The number of nitrogens with one attached hydrogen (secondary N) is 2. The number of anilines is 3. The Morgan fingerprint density at radius 3 is 2.42 bits per heavy atom. The second kappa shape index (κ2) is 7.40. The Morgan fingerprint density at radius 1 is 1.12 bits per heavy atom. The lowest BCUT2D eigenvalue weighted by atomic mass is 9.41. The second-order valence-electron chi connectivity index (χ2n) is 9.41. The third kappa shape index (κ3) is 3.18. The number of aryl methyl sites for hydroxylation is 1. The number of carbonyl (C=O) groups is 1. The van der Waals surface area contributed by atoms with Gasteiger partial charge in [0, 0.05) is 26.5 Å². The molecule has 2 aromatic heterocycles. The highest BCUT2D eigenvalue weighted by atomic mass is 16.3. The van der Waals surface area contributed by atoms with Gasteiger partial charge in [0.2, 0.25) is 0 Å². The van der Waals surface area contributed by atoms with E-state index in [1.54, 1.807) is 20.3 Å². The summed E-state index contributed by atoms with van der Waals surface area (Å²) in [4.78, 5) is 47.1. The first-order chi connectivity index (χ1) is 15.7. The molecule has 0 radical (unpaired) electrons. The van der Waals surface area contributed by atoms with Gasteiger partial charge in [0.25, 0.3) is 16.8 Å². The highest BCUT2D eigenvalue weighted by Gasteiger charge is 2.61. The predicted octanol–water partition coefficient (Wildman–Crippen LogP) is 2.49. The fourth-order valence-corrected chi connectivity index (χ4v) is 5.06. The minimum atomic E-state index is -0.678. The van der Waals surface area contributed by atoms with Gasteiger partial charge in [0.05, 0.1) is 17.4 Å². The number of hydrogen-bond donors (Lipinski definition) is 3. The van der Waals surface area contributed by atoms with E-state index >= 15 is 0 Å². The molecule has 2 heterocycles. The maximum absolute atomic E-state index is 12.5. The van der Waals surface area contributed by atoms with Gasteiger partial charge in [-0.15, -0.1) is 0 Å². The molecule has 3 saturated carbocycles. The van der Waals surface area contributed by atoms with E-state index in [1.165, 1.54) is 17.2 Å². The Hall–Kier alpha value is -3.75. The van der Waals surface area contributed by atoms with Gasteiger partial charge >= 0.3 is 0 Å². The third-order valence-corrected chi connectivity index (χ3v) is 7.01.